The second-order valence-corrected chi connectivity index (χ2v) is 7.34. The van der Waals surface area contributed by atoms with Crippen molar-refractivity contribution in [2.24, 2.45) is 5.73 Å². The highest BCUT2D eigenvalue weighted by atomic mass is 16.5. The average Bonchev–Trinajstić information content (AvgIpc) is 3.35. The smallest absolute Gasteiger partial charge is 0.244 e. The van der Waals surface area contributed by atoms with Gasteiger partial charge in [0.15, 0.2) is 0 Å². The minimum atomic E-state index is 0.316. The number of hydrogen-bond acceptors (Lipinski definition) is 6. The Balaban J connectivity index is 1.52. The third-order valence-electron chi connectivity index (χ3n) is 5.49. The summed E-state index contributed by atoms with van der Waals surface area (Å²) in [7, 11) is 1.64. The molecule has 0 unspecified atom stereocenters. The number of pyridine rings is 1. The van der Waals surface area contributed by atoms with Crippen molar-refractivity contribution in [1.82, 2.24) is 24.2 Å². The van der Waals surface area contributed by atoms with Crippen LogP contribution in [0.5, 0.6) is 5.88 Å². The summed E-state index contributed by atoms with van der Waals surface area (Å²) >= 11 is 0. The van der Waals surface area contributed by atoms with Crippen molar-refractivity contribution in [2.75, 3.05) is 12.4 Å². The molecule has 8 nitrogen and oxygen atoms in total. The molecule has 8 heteroatoms. The normalized spacial score (nSPS) is 19.9. The van der Waals surface area contributed by atoms with Crippen LogP contribution in [-0.4, -0.2) is 43.4 Å². The van der Waals surface area contributed by atoms with Gasteiger partial charge in [-0.1, -0.05) is 0 Å². The molecule has 1 fully saturated rings. The summed E-state index contributed by atoms with van der Waals surface area (Å²) in [6.07, 6.45) is 9.81. The molecule has 1 saturated carbocycles. The van der Waals surface area contributed by atoms with E-state index in [4.69, 9.17) is 10.5 Å². The number of nitrogens with one attached hydrogen (secondary N) is 1. The highest BCUT2D eigenvalue weighted by Gasteiger charge is 2.21. The molecule has 4 aromatic rings. The molecule has 0 aliphatic heterocycles. The van der Waals surface area contributed by atoms with E-state index in [9.17, 15) is 0 Å². The van der Waals surface area contributed by atoms with Crippen molar-refractivity contribution < 1.29 is 4.74 Å². The summed E-state index contributed by atoms with van der Waals surface area (Å²) in [6.45, 7) is 0. The van der Waals surface area contributed by atoms with E-state index in [0.29, 0.717) is 23.9 Å². The first kappa shape index (κ1) is 17.0. The molecular weight excluding hydrogens is 354 g/mol. The molecule has 144 valence electrons. The number of hydrogen-bond donors (Lipinski definition) is 2. The zero-order chi connectivity index (χ0) is 19.1. The highest BCUT2D eigenvalue weighted by molar-refractivity contribution is 5.85. The summed E-state index contributed by atoms with van der Waals surface area (Å²) in [5.74, 6) is 1.14. The van der Waals surface area contributed by atoms with E-state index in [1.165, 1.54) is 0 Å². The Hall–Kier alpha value is -3.13. The fourth-order valence-electron chi connectivity index (χ4n) is 3.96. The maximum Gasteiger partial charge on any atom is 0.244 e. The number of aromatic nitrogens is 5. The van der Waals surface area contributed by atoms with Gasteiger partial charge < -0.3 is 15.8 Å². The van der Waals surface area contributed by atoms with Crippen molar-refractivity contribution in [1.29, 1.82) is 0 Å². The van der Waals surface area contributed by atoms with E-state index in [1.54, 1.807) is 13.3 Å². The fourth-order valence-corrected chi connectivity index (χ4v) is 3.96. The molecule has 3 N–H and O–H groups in total. The van der Waals surface area contributed by atoms with Gasteiger partial charge in [-0.25, -0.2) is 9.03 Å². The Kier molecular flexibility index (Phi) is 4.12. The quantitative estimate of drug-likeness (QED) is 0.568. The SMILES string of the molecule is COc1nc(NC2CCC(N)CC2)nn2ccc(-c3ccn4nccc4c3)c12. The van der Waals surface area contributed by atoms with Gasteiger partial charge in [-0.05, 0) is 55.5 Å². The van der Waals surface area contributed by atoms with Crippen LogP contribution in [0.25, 0.3) is 22.2 Å². The Morgan fingerprint density at radius 3 is 2.75 bits per heavy atom. The topological polar surface area (TPSA) is 94.8 Å². The van der Waals surface area contributed by atoms with Gasteiger partial charge in [0, 0.05) is 36.2 Å². The van der Waals surface area contributed by atoms with Crippen molar-refractivity contribution in [2.45, 2.75) is 37.8 Å². The fraction of sp³-hybridized carbons (Fsp3) is 0.350. The van der Waals surface area contributed by atoms with E-state index in [2.05, 4.69) is 26.6 Å². The molecule has 0 aromatic carbocycles. The number of rotatable bonds is 4. The molecule has 0 saturated heterocycles. The van der Waals surface area contributed by atoms with Crippen LogP contribution in [0.2, 0.25) is 0 Å². The summed E-state index contributed by atoms with van der Waals surface area (Å²) < 4.78 is 9.29. The molecule has 1 aliphatic rings. The van der Waals surface area contributed by atoms with Gasteiger partial charge in [-0.15, -0.1) is 5.10 Å². The maximum absolute atomic E-state index is 6.01. The maximum atomic E-state index is 6.01. The van der Waals surface area contributed by atoms with Crippen LogP contribution >= 0.6 is 0 Å². The van der Waals surface area contributed by atoms with Gasteiger partial charge in [-0.3, -0.25) is 0 Å². The largest absolute Gasteiger partial charge is 0.479 e. The van der Waals surface area contributed by atoms with Gasteiger partial charge >= 0.3 is 0 Å². The Labute approximate surface area is 162 Å². The predicted molar refractivity (Wildman–Crippen MR) is 108 cm³/mol. The molecule has 0 amide bonds. The van der Waals surface area contributed by atoms with Crippen molar-refractivity contribution in [3.63, 3.8) is 0 Å². The highest BCUT2D eigenvalue weighted by Crippen LogP contribution is 2.32. The van der Waals surface area contributed by atoms with Crippen LogP contribution in [0.4, 0.5) is 5.95 Å². The Morgan fingerprint density at radius 1 is 1.11 bits per heavy atom. The van der Waals surface area contributed by atoms with Crippen molar-refractivity contribution >= 4 is 17.0 Å². The van der Waals surface area contributed by atoms with Crippen LogP contribution in [0.1, 0.15) is 25.7 Å². The minimum absolute atomic E-state index is 0.316. The molecule has 4 aromatic heterocycles. The first-order valence-corrected chi connectivity index (χ1v) is 9.60. The Bertz CT molecular complexity index is 1120. The van der Waals surface area contributed by atoms with Crippen molar-refractivity contribution in [3.05, 3.63) is 42.9 Å². The first-order valence-electron chi connectivity index (χ1n) is 9.60. The van der Waals surface area contributed by atoms with Crippen LogP contribution < -0.4 is 15.8 Å². The number of ether oxygens (including phenoxy) is 1. The number of anilines is 1. The monoisotopic (exact) mass is 377 g/mol. The van der Waals surface area contributed by atoms with E-state index in [-0.39, 0.29) is 0 Å². The number of fused-ring (bicyclic) bond motifs is 2. The van der Waals surface area contributed by atoms with Crippen LogP contribution in [-0.2, 0) is 0 Å². The third kappa shape index (κ3) is 2.95. The minimum Gasteiger partial charge on any atom is -0.479 e. The Morgan fingerprint density at radius 2 is 1.93 bits per heavy atom. The molecule has 4 heterocycles. The molecule has 0 atom stereocenters. The van der Waals surface area contributed by atoms with E-state index in [0.717, 1.165) is 47.8 Å². The zero-order valence-corrected chi connectivity index (χ0v) is 15.7. The number of nitrogens with zero attached hydrogens (tertiary/aromatic N) is 5. The lowest BCUT2D eigenvalue weighted by molar-refractivity contribution is 0.395. The zero-order valence-electron chi connectivity index (χ0n) is 15.7. The average molecular weight is 377 g/mol. The summed E-state index contributed by atoms with van der Waals surface area (Å²) in [5.41, 5.74) is 9.98. The van der Waals surface area contributed by atoms with Crippen LogP contribution in [0.15, 0.2) is 42.9 Å². The lowest BCUT2D eigenvalue weighted by atomic mass is 9.92. The van der Waals surface area contributed by atoms with E-state index in [1.807, 2.05) is 39.6 Å². The summed E-state index contributed by atoms with van der Waals surface area (Å²) in [4.78, 5) is 4.63. The van der Waals surface area contributed by atoms with Crippen LogP contribution in [0, 0.1) is 0 Å². The van der Waals surface area contributed by atoms with Crippen LogP contribution in [0.3, 0.4) is 0 Å². The summed E-state index contributed by atoms with van der Waals surface area (Å²) in [5, 5.41) is 12.4. The van der Waals surface area contributed by atoms with Gasteiger partial charge in [0.05, 0.1) is 12.6 Å². The lowest BCUT2D eigenvalue weighted by Crippen LogP contribution is -2.33. The van der Waals surface area contributed by atoms with E-state index >= 15 is 0 Å². The van der Waals surface area contributed by atoms with Gasteiger partial charge in [0.25, 0.3) is 0 Å². The molecule has 0 spiro atoms. The molecule has 1 aliphatic carbocycles. The first-order chi connectivity index (χ1) is 13.7. The number of methoxy groups -OCH3 is 1. The molecule has 0 radical (unpaired) electrons. The third-order valence-corrected chi connectivity index (χ3v) is 5.49. The van der Waals surface area contributed by atoms with Gasteiger partial charge in [0.1, 0.15) is 5.52 Å². The number of nitrogens with two attached hydrogens (primary N) is 1. The molecule has 0 bridgehead atoms. The predicted octanol–water partition coefficient (Wildman–Crippen LogP) is 2.73. The van der Waals surface area contributed by atoms with Gasteiger partial charge in [-0.2, -0.15) is 10.1 Å². The standard InChI is InChI=1S/C20H23N7O/c1-28-19-18-17(13-7-10-26-16(12-13)6-9-22-26)8-11-27(18)25-20(24-19)23-15-4-2-14(21)3-5-15/h6-12,14-15H,2-5,21H2,1H3,(H,23,25). The summed E-state index contributed by atoms with van der Waals surface area (Å²) in [6, 6.07) is 8.81. The molecule has 5 rings (SSSR count). The second-order valence-electron chi connectivity index (χ2n) is 7.34. The van der Waals surface area contributed by atoms with Gasteiger partial charge in [0.2, 0.25) is 11.8 Å². The van der Waals surface area contributed by atoms with Crippen molar-refractivity contribution in [3.8, 4) is 17.0 Å². The lowest BCUT2D eigenvalue weighted by Gasteiger charge is -2.26. The molecular formula is C20H23N7O. The second kappa shape index (κ2) is 6.79. The molecule has 28 heavy (non-hydrogen) atoms. The van der Waals surface area contributed by atoms with E-state index < -0.39 is 0 Å².